The number of rotatable bonds is 8. The van der Waals surface area contributed by atoms with Crippen molar-refractivity contribution in [1.29, 1.82) is 0 Å². The van der Waals surface area contributed by atoms with Gasteiger partial charge in [-0.1, -0.05) is 177 Å². The van der Waals surface area contributed by atoms with E-state index in [0.29, 0.717) is 0 Å². The van der Waals surface area contributed by atoms with E-state index < -0.39 is 0 Å². The van der Waals surface area contributed by atoms with E-state index in [1.165, 1.54) is 96.2 Å². The predicted octanol–water partition coefficient (Wildman–Crippen LogP) is 11.8. The zero-order valence-corrected chi connectivity index (χ0v) is 29.7. The minimum atomic E-state index is -0.0519. The normalized spacial score (nSPS) is 23.5. The third kappa shape index (κ3) is 12.5. The molecule has 1 heterocycles. The summed E-state index contributed by atoms with van der Waals surface area (Å²) in [6, 6.07) is 45.1. The van der Waals surface area contributed by atoms with Crippen molar-refractivity contribution >= 4 is 31.7 Å². The lowest BCUT2D eigenvalue weighted by Gasteiger charge is -2.23. The summed E-state index contributed by atoms with van der Waals surface area (Å²) in [5.41, 5.74) is 6.08. The van der Waals surface area contributed by atoms with Crippen LogP contribution in [0.2, 0.25) is 0 Å². The molecule has 0 fully saturated rings. The molecule has 0 spiro atoms. The van der Waals surface area contributed by atoms with Gasteiger partial charge in [-0.3, -0.25) is 0 Å². The van der Waals surface area contributed by atoms with Gasteiger partial charge in [0, 0.05) is 0 Å². The van der Waals surface area contributed by atoms with Gasteiger partial charge in [-0.05, 0) is 96.2 Å². The fourth-order valence-electron chi connectivity index (χ4n) is 5.77. The third-order valence-electron chi connectivity index (χ3n) is 8.25. The SMILES string of the molecule is C1=C\CP(Cc2ccccc2)CCP(Cc2ccccc2)C/C=C\CP(Cc2ccccc2)CCP(Cc2ccccc2)C/1. The van der Waals surface area contributed by atoms with Crippen molar-refractivity contribution < 1.29 is 0 Å². The van der Waals surface area contributed by atoms with E-state index in [1.807, 2.05) is 0 Å². The fourth-order valence-corrected chi connectivity index (χ4v) is 16.9. The molecule has 0 amide bonds. The molecule has 1 aliphatic heterocycles. The summed E-state index contributed by atoms with van der Waals surface area (Å²) in [5, 5.41) is 0. The van der Waals surface area contributed by atoms with Crippen LogP contribution in [0.5, 0.6) is 0 Å². The zero-order valence-electron chi connectivity index (χ0n) is 26.1. The van der Waals surface area contributed by atoms with Crippen LogP contribution in [0, 0.1) is 0 Å². The zero-order chi connectivity index (χ0) is 30.1. The minimum absolute atomic E-state index is 0.0519. The molecule has 0 N–H and O–H groups in total. The summed E-state index contributed by atoms with van der Waals surface area (Å²) in [6.45, 7) is 0. The Bertz CT molecular complexity index is 1160. The lowest BCUT2D eigenvalue weighted by atomic mass is 10.2. The Morgan fingerprint density at radius 2 is 0.500 bits per heavy atom. The van der Waals surface area contributed by atoms with Crippen molar-refractivity contribution in [3.8, 4) is 0 Å². The molecule has 0 aliphatic carbocycles. The highest BCUT2D eigenvalue weighted by Gasteiger charge is 2.16. The molecule has 1 aliphatic rings. The van der Waals surface area contributed by atoms with Crippen molar-refractivity contribution in [2.45, 2.75) is 24.6 Å². The topological polar surface area (TPSA) is 0 Å². The Hall–Kier alpha value is -1.92. The van der Waals surface area contributed by atoms with E-state index in [0.717, 1.165) is 0 Å². The van der Waals surface area contributed by atoms with Gasteiger partial charge in [-0.2, -0.15) is 0 Å². The average molecular weight is 653 g/mol. The first kappa shape index (κ1) is 33.4. The van der Waals surface area contributed by atoms with Gasteiger partial charge in [0.15, 0.2) is 0 Å². The largest absolute Gasteiger partial charge is 0.0980 e. The van der Waals surface area contributed by atoms with E-state index in [4.69, 9.17) is 0 Å². The molecular weight excluding hydrogens is 604 g/mol. The molecule has 44 heavy (non-hydrogen) atoms. The van der Waals surface area contributed by atoms with E-state index in [2.05, 4.69) is 146 Å². The van der Waals surface area contributed by atoms with Crippen LogP contribution in [-0.2, 0) is 24.6 Å². The number of hydrogen-bond donors (Lipinski definition) is 0. The lowest BCUT2D eigenvalue weighted by molar-refractivity contribution is 1.30. The summed E-state index contributed by atoms with van der Waals surface area (Å²) in [6.07, 6.45) is 26.0. The van der Waals surface area contributed by atoms with Crippen LogP contribution in [0.3, 0.4) is 0 Å². The number of hydrogen-bond acceptors (Lipinski definition) is 0. The molecule has 5 rings (SSSR count). The van der Waals surface area contributed by atoms with Crippen LogP contribution < -0.4 is 0 Å². The molecule has 228 valence electrons. The second-order valence-corrected chi connectivity index (χ2v) is 21.7. The van der Waals surface area contributed by atoms with Gasteiger partial charge in [0.1, 0.15) is 0 Å². The van der Waals surface area contributed by atoms with Gasteiger partial charge in [-0.25, -0.2) is 0 Å². The van der Waals surface area contributed by atoms with E-state index in [9.17, 15) is 0 Å². The minimum Gasteiger partial charge on any atom is -0.0980 e. The predicted molar refractivity (Wildman–Crippen MR) is 205 cm³/mol. The summed E-state index contributed by atoms with van der Waals surface area (Å²) in [4.78, 5) is 0. The van der Waals surface area contributed by atoms with Crippen LogP contribution in [0.1, 0.15) is 22.3 Å². The molecule has 0 saturated heterocycles. The number of allylic oxidation sites excluding steroid dienone is 4. The van der Waals surface area contributed by atoms with Gasteiger partial charge >= 0.3 is 0 Å². The summed E-state index contributed by atoms with van der Waals surface area (Å²) >= 11 is 0. The monoisotopic (exact) mass is 652 g/mol. The molecule has 0 nitrogen and oxygen atoms in total. The highest BCUT2D eigenvalue weighted by atomic mass is 31.1. The van der Waals surface area contributed by atoms with Crippen molar-refractivity contribution in [2.24, 2.45) is 0 Å². The third-order valence-corrected chi connectivity index (χ3v) is 18.5. The summed E-state index contributed by atoms with van der Waals surface area (Å²) < 4.78 is 0. The maximum absolute atomic E-state index is 2.59. The highest BCUT2D eigenvalue weighted by Crippen LogP contribution is 2.49. The van der Waals surface area contributed by atoms with Crippen molar-refractivity contribution in [3.63, 3.8) is 0 Å². The van der Waals surface area contributed by atoms with Gasteiger partial charge in [0.25, 0.3) is 0 Å². The lowest BCUT2D eigenvalue weighted by Crippen LogP contribution is -2.02. The van der Waals surface area contributed by atoms with Crippen LogP contribution in [0.25, 0.3) is 0 Å². The Kier molecular flexibility index (Phi) is 14.9. The van der Waals surface area contributed by atoms with Crippen LogP contribution in [0.4, 0.5) is 0 Å². The van der Waals surface area contributed by atoms with Gasteiger partial charge in [0.05, 0.1) is 0 Å². The van der Waals surface area contributed by atoms with E-state index >= 15 is 0 Å². The van der Waals surface area contributed by atoms with Crippen molar-refractivity contribution in [2.75, 3.05) is 49.3 Å². The van der Waals surface area contributed by atoms with Crippen molar-refractivity contribution in [1.82, 2.24) is 0 Å². The van der Waals surface area contributed by atoms with Crippen LogP contribution in [0.15, 0.2) is 146 Å². The first-order chi connectivity index (χ1) is 21.8. The maximum atomic E-state index is 2.59. The molecule has 0 saturated carbocycles. The first-order valence-electron chi connectivity index (χ1n) is 16.2. The Labute approximate surface area is 272 Å². The molecule has 4 aromatic rings. The second-order valence-electron chi connectivity index (χ2n) is 11.8. The highest BCUT2D eigenvalue weighted by molar-refractivity contribution is 7.61. The van der Waals surface area contributed by atoms with E-state index in [1.54, 1.807) is 0 Å². The summed E-state index contributed by atoms with van der Waals surface area (Å²) in [5.74, 6) is 0. The standard InChI is InChI=1S/C40H48P4/c1-5-17-37(18-6-1)33-41-25-13-14-26-43(35-39-21-9-3-10-22-39)31-32-44(36-40-23-11-4-12-24-40)28-16-15-27-42(30-29-41)34-38-19-7-2-8-20-38/h1-24H,25-36H2/b14-13-,16-15-. The molecule has 4 aromatic carbocycles. The second kappa shape index (κ2) is 19.6. The van der Waals surface area contributed by atoms with Gasteiger partial charge < -0.3 is 0 Å². The molecule has 4 heteroatoms. The van der Waals surface area contributed by atoms with Gasteiger partial charge in [-0.15, -0.1) is 0 Å². The molecular formula is C40H48P4. The molecule has 0 bridgehead atoms. The Morgan fingerprint density at radius 3 is 0.705 bits per heavy atom. The molecule has 4 atom stereocenters. The molecule has 0 aromatic heterocycles. The Morgan fingerprint density at radius 1 is 0.295 bits per heavy atom. The molecule has 4 unspecified atom stereocenters. The van der Waals surface area contributed by atoms with Crippen LogP contribution in [-0.4, -0.2) is 49.3 Å². The molecule has 0 radical (unpaired) electrons. The van der Waals surface area contributed by atoms with Crippen molar-refractivity contribution in [3.05, 3.63) is 168 Å². The smallest absolute Gasteiger partial charge is 0.00702 e. The van der Waals surface area contributed by atoms with Gasteiger partial charge in [0.2, 0.25) is 0 Å². The van der Waals surface area contributed by atoms with E-state index in [-0.39, 0.29) is 31.7 Å². The van der Waals surface area contributed by atoms with Crippen LogP contribution >= 0.6 is 31.7 Å². The summed E-state index contributed by atoms with van der Waals surface area (Å²) in [7, 11) is -0.207. The average Bonchev–Trinajstić information content (AvgIpc) is 3.07. The maximum Gasteiger partial charge on any atom is -0.00702 e. The Balaban J connectivity index is 1.33. The quantitative estimate of drug-likeness (QED) is 0.131. The number of benzene rings is 4. The first-order valence-corrected chi connectivity index (χ1v) is 23.7. The fraction of sp³-hybridized carbons (Fsp3) is 0.300.